The quantitative estimate of drug-likeness (QED) is 0.818. The summed E-state index contributed by atoms with van der Waals surface area (Å²) >= 11 is 1.63. The van der Waals surface area contributed by atoms with Gasteiger partial charge in [0.05, 0.1) is 17.9 Å². The zero-order chi connectivity index (χ0) is 12.4. The van der Waals surface area contributed by atoms with E-state index in [9.17, 15) is 5.21 Å². The van der Waals surface area contributed by atoms with Gasteiger partial charge in [0, 0.05) is 12.0 Å². The SMILES string of the molecule is ON/C(=C\C1=CSC2=NCCN12)c1ccccc1. The van der Waals surface area contributed by atoms with E-state index in [0.29, 0.717) is 5.70 Å². The number of nitrogens with zero attached hydrogens (tertiary/aromatic N) is 2. The molecular formula is C13H13N3OS. The van der Waals surface area contributed by atoms with Crippen LogP contribution in [0, 0.1) is 0 Å². The molecule has 0 saturated heterocycles. The van der Waals surface area contributed by atoms with Crippen LogP contribution in [0.4, 0.5) is 0 Å². The van der Waals surface area contributed by atoms with Crippen molar-refractivity contribution < 1.29 is 5.21 Å². The fourth-order valence-corrected chi connectivity index (χ4v) is 2.91. The smallest absolute Gasteiger partial charge is 0.168 e. The van der Waals surface area contributed by atoms with Gasteiger partial charge in [-0.2, -0.15) is 0 Å². The van der Waals surface area contributed by atoms with Crippen LogP contribution >= 0.6 is 11.8 Å². The summed E-state index contributed by atoms with van der Waals surface area (Å²) in [7, 11) is 0. The third-order valence-corrected chi connectivity index (χ3v) is 3.82. The Kier molecular flexibility index (Phi) is 3.08. The van der Waals surface area contributed by atoms with Gasteiger partial charge < -0.3 is 4.90 Å². The summed E-state index contributed by atoms with van der Waals surface area (Å²) in [4.78, 5) is 6.55. The first-order chi connectivity index (χ1) is 8.88. The lowest BCUT2D eigenvalue weighted by Crippen LogP contribution is -2.20. The van der Waals surface area contributed by atoms with E-state index in [4.69, 9.17) is 0 Å². The number of hydrogen-bond donors (Lipinski definition) is 2. The highest BCUT2D eigenvalue weighted by molar-refractivity contribution is 8.16. The molecule has 2 N–H and O–H groups in total. The molecule has 92 valence electrons. The third kappa shape index (κ3) is 2.02. The molecule has 1 aromatic carbocycles. The van der Waals surface area contributed by atoms with E-state index in [1.807, 2.05) is 36.4 Å². The highest BCUT2D eigenvalue weighted by atomic mass is 32.2. The third-order valence-electron chi connectivity index (χ3n) is 2.90. The van der Waals surface area contributed by atoms with Crippen molar-refractivity contribution in [3.8, 4) is 0 Å². The molecule has 0 unspecified atom stereocenters. The van der Waals surface area contributed by atoms with Gasteiger partial charge in [-0.05, 0) is 11.6 Å². The molecule has 1 aromatic rings. The van der Waals surface area contributed by atoms with Gasteiger partial charge in [-0.3, -0.25) is 15.7 Å². The minimum absolute atomic E-state index is 0.690. The van der Waals surface area contributed by atoms with Crippen LogP contribution in [0.25, 0.3) is 5.70 Å². The first-order valence-electron chi connectivity index (χ1n) is 5.74. The van der Waals surface area contributed by atoms with Crippen LogP contribution in [0.15, 0.2) is 52.5 Å². The lowest BCUT2D eigenvalue weighted by molar-refractivity contribution is 0.224. The molecule has 0 atom stereocenters. The molecular weight excluding hydrogens is 246 g/mol. The number of allylic oxidation sites excluding steroid dienone is 1. The molecule has 0 amide bonds. The minimum atomic E-state index is 0.690. The van der Waals surface area contributed by atoms with Crippen LogP contribution < -0.4 is 5.48 Å². The Morgan fingerprint density at radius 1 is 1.39 bits per heavy atom. The van der Waals surface area contributed by atoms with Crippen molar-refractivity contribution in [2.45, 2.75) is 0 Å². The summed E-state index contributed by atoms with van der Waals surface area (Å²) in [5, 5.41) is 12.4. The highest BCUT2D eigenvalue weighted by Crippen LogP contribution is 2.31. The minimum Gasteiger partial charge on any atom is -0.318 e. The van der Waals surface area contributed by atoms with Crippen LogP contribution in [0.1, 0.15) is 5.56 Å². The van der Waals surface area contributed by atoms with Crippen molar-refractivity contribution in [1.82, 2.24) is 10.4 Å². The Morgan fingerprint density at radius 3 is 3.00 bits per heavy atom. The predicted octanol–water partition coefficient (Wildman–Crippen LogP) is 2.27. The van der Waals surface area contributed by atoms with Gasteiger partial charge in [0.2, 0.25) is 0 Å². The van der Waals surface area contributed by atoms with E-state index in [-0.39, 0.29) is 0 Å². The van der Waals surface area contributed by atoms with Crippen LogP contribution in [0.3, 0.4) is 0 Å². The van der Waals surface area contributed by atoms with Crippen molar-refractivity contribution in [1.29, 1.82) is 0 Å². The number of aliphatic imine (C=N–C) groups is 1. The van der Waals surface area contributed by atoms with Gasteiger partial charge in [-0.25, -0.2) is 0 Å². The van der Waals surface area contributed by atoms with Gasteiger partial charge in [0.1, 0.15) is 0 Å². The Bertz CT molecular complexity index is 536. The summed E-state index contributed by atoms with van der Waals surface area (Å²) in [6.45, 7) is 1.76. The monoisotopic (exact) mass is 259 g/mol. The van der Waals surface area contributed by atoms with Crippen molar-refractivity contribution in [3.05, 3.63) is 53.1 Å². The van der Waals surface area contributed by atoms with E-state index < -0.39 is 0 Å². The largest absolute Gasteiger partial charge is 0.318 e. The average Bonchev–Trinajstić information content (AvgIpc) is 3.01. The molecule has 4 nitrogen and oxygen atoms in total. The van der Waals surface area contributed by atoms with Crippen molar-refractivity contribution >= 4 is 22.6 Å². The first-order valence-corrected chi connectivity index (χ1v) is 6.62. The maximum absolute atomic E-state index is 9.28. The average molecular weight is 259 g/mol. The number of hydroxylamine groups is 1. The van der Waals surface area contributed by atoms with Crippen LogP contribution in [0.5, 0.6) is 0 Å². The highest BCUT2D eigenvalue weighted by Gasteiger charge is 2.25. The summed E-state index contributed by atoms with van der Waals surface area (Å²) in [5.74, 6) is 0. The zero-order valence-electron chi connectivity index (χ0n) is 9.71. The van der Waals surface area contributed by atoms with Crippen molar-refractivity contribution in [3.63, 3.8) is 0 Å². The molecule has 0 spiro atoms. The molecule has 2 aliphatic heterocycles. The number of rotatable bonds is 3. The second-order valence-electron chi connectivity index (χ2n) is 4.01. The number of nitrogens with one attached hydrogen (secondary N) is 1. The molecule has 2 heterocycles. The molecule has 0 radical (unpaired) electrons. The van der Waals surface area contributed by atoms with E-state index >= 15 is 0 Å². The lowest BCUT2D eigenvalue weighted by Gasteiger charge is -2.15. The topological polar surface area (TPSA) is 47.9 Å². The standard InChI is InChI=1S/C13H13N3OS/c17-15-12(10-4-2-1-3-5-10)8-11-9-18-13-14-6-7-16(11)13/h1-5,8-9,15,17H,6-7H2/b12-8-. The van der Waals surface area contributed by atoms with Gasteiger partial charge in [-0.15, -0.1) is 0 Å². The van der Waals surface area contributed by atoms with Crippen LogP contribution in [-0.4, -0.2) is 28.4 Å². The van der Waals surface area contributed by atoms with Gasteiger partial charge in [-0.1, -0.05) is 42.1 Å². The fourth-order valence-electron chi connectivity index (χ4n) is 2.00. The van der Waals surface area contributed by atoms with Crippen molar-refractivity contribution in [2.75, 3.05) is 13.1 Å². The Morgan fingerprint density at radius 2 is 2.22 bits per heavy atom. The first kappa shape index (κ1) is 11.4. The Balaban J connectivity index is 1.89. The van der Waals surface area contributed by atoms with E-state index in [2.05, 4.69) is 20.8 Å². The van der Waals surface area contributed by atoms with Gasteiger partial charge >= 0.3 is 0 Å². The molecule has 5 heteroatoms. The molecule has 0 fully saturated rings. The molecule has 2 aliphatic rings. The number of benzene rings is 1. The second kappa shape index (κ2) is 4.88. The zero-order valence-corrected chi connectivity index (χ0v) is 10.5. The number of hydrogen-bond acceptors (Lipinski definition) is 5. The molecule has 0 saturated carbocycles. The van der Waals surface area contributed by atoms with Gasteiger partial charge in [0.15, 0.2) is 5.17 Å². The van der Waals surface area contributed by atoms with Crippen LogP contribution in [0.2, 0.25) is 0 Å². The molecule has 0 aliphatic carbocycles. The van der Waals surface area contributed by atoms with Gasteiger partial charge in [0.25, 0.3) is 0 Å². The summed E-state index contributed by atoms with van der Waals surface area (Å²) in [5.41, 5.74) is 4.98. The van der Waals surface area contributed by atoms with E-state index in [0.717, 1.165) is 29.5 Å². The van der Waals surface area contributed by atoms with Crippen LogP contribution in [-0.2, 0) is 0 Å². The summed E-state index contributed by atoms with van der Waals surface area (Å²) in [6, 6.07) is 9.75. The number of thioether (sulfide) groups is 1. The number of amidine groups is 1. The van der Waals surface area contributed by atoms with E-state index in [1.165, 1.54) is 0 Å². The normalized spacial score (nSPS) is 18.5. The second-order valence-corrected chi connectivity index (χ2v) is 4.85. The predicted molar refractivity (Wildman–Crippen MR) is 74.0 cm³/mol. The Hall–Kier alpha value is -1.72. The maximum Gasteiger partial charge on any atom is 0.168 e. The van der Waals surface area contributed by atoms with E-state index in [1.54, 1.807) is 11.8 Å². The molecule has 18 heavy (non-hydrogen) atoms. The molecule has 0 aromatic heterocycles. The van der Waals surface area contributed by atoms with Crippen molar-refractivity contribution in [2.24, 2.45) is 4.99 Å². The summed E-state index contributed by atoms with van der Waals surface area (Å²) < 4.78 is 0. The Labute approximate surface area is 110 Å². The lowest BCUT2D eigenvalue weighted by atomic mass is 10.1. The maximum atomic E-state index is 9.28. The fraction of sp³-hybridized carbons (Fsp3) is 0.154. The molecule has 0 bridgehead atoms. The molecule has 3 rings (SSSR count). The number of fused-ring (bicyclic) bond motifs is 1. The summed E-state index contributed by atoms with van der Waals surface area (Å²) in [6.07, 6.45) is 1.94.